The van der Waals surface area contributed by atoms with Gasteiger partial charge in [-0.1, -0.05) is 18.2 Å². The Labute approximate surface area is 77.6 Å². The molecule has 0 saturated heterocycles. The molecule has 0 aliphatic carbocycles. The summed E-state index contributed by atoms with van der Waals surface area (Å²) in [6, 6.07) is 12.3. The van der Waals surface area contributed by atoms with E-state index < -0.39 is 0 Å². The van der Waals surface area contributed by atoms with Crippen LogP contribution in [0.25, 0.3) is 11.3 Å². The zero-order valence-corrected chi connectivity index (χ0v) is 7.54. The minimum Gasteiger partial charge on any atom is -0.388 e. The molecule has 2 heteroatoms. The summed E-state index contributed by atoms with van der Waals surface area (Å²) >= 11 is 0. The number of hydrogen-bond donors (Lipinski definition) is 2. The van der Waals surface area contributed by atoms with Gasteiger partial charge in [0.1, 0.15) is 0 Å². The Bertz CT molecular complexity index is 377. The van der Waals surface area contributed by atoms with Gasteiger partial charge in [0.25, 0.3) is 0 Å². The van der Waals surface area contributed by atoms with Gasteiger partial charge in [0.15, 0.2) is 0 Å². The van der Waals surface area contributed by atoms with Gasteiger partial charge >= 0.3 is 0 Å². The lowest BCUT2D eigenvalue weighted by atomic mass is 10.1. The summed E-state index contributed by atoms with van der Waals surface area (Å²) in [5, 5.41) is 3.16. The molecule has 1 heterocycles. The monoisotopic (exact) mass is 172 g/mol. The highest BCUT2D eigenvalue weighted by molar-refractivity contribution is 5.75. The molecule has 0 aliphatic heterocycles. The van der Waals surface area contributed by atoms with E-state index in [0.717, 1.165) is 11.4 Å². The van der Waals surface area contributed by atoms with Crippen molar-refractivity contribution in [2.45, 2.75) is 0 Å². The van der Waals surface area contributed by atoms with E-state index in [0.29, 0.717) is 0 Å². The fraction of sp³-hybridized carbons (Fsp3) is 0.0909. The Balaban J connectivity index is 2.51. The molecule has 2 N–H and O–H groups in total. The molecule has 2 rings (SSSR count). The minimum absolute atomic E-state index is 1.14. The third-order valence-electron chi connectivity index (χ3n) is 2.08. The highest BCUT2D eigenvalue weighted by Crippen LogP contribution is 2.25. The van der Waals surface area contributed by atoms with E-state index in [4.69, 9.17) is 0 Å². The first-order chi connectivity index (χ1) is 6.42. The SMILES string of the molecule is CNc1ccccc1-c1ccc[nH]1. The number of benzene rings is 1. The Morgan fingerprint density at radius 2 is 1.92 bits per heavy atom. The number of rotatable bonds is 2. The molecule has 0 amide bonds. The Morgan fingerprint density at radius 3 is 2.62 bits per heavy atom. The molecular weight excluding hydrogens is 160 g/mol. The minimum atomic E-state index is 1.14. The van der Waals surface area contributed by atoms with Crippen molar-refractivity contribution in [3.63, 3.8) is 0 Å². The number of para-hydroxylation sites is 1. The maximum absolute atomic E-state index is 3.19. The van der Waals surface area contributed by atoms with Gasteiger partial charge < -0.3 is 10.3 Å². The molecule has 0 atom stereocenters. The fourth-order valence-electron chi connectivity index (χ4n) is 1.43. The van der Waals surface area contributed by atoms with Crippen molar-refractivity contribution in [2.75, 3.05) is 12.4 Å². The van der Waals surface area contributed by atoms with Crippen molar-refractivity contribution in [3.05, 3.63) is 42.6 Å². The van der Waals surface area contributed by atoms with Crippen molar-refractivity contribution in [1.29, 1.82) is 0 Å². The Morgan fingerprint density at radius 1 is 1.08 bits per heavy atom. The predicted octanol–water partition coefficient (Wildman–Crippen LogP) is 2.72. The first kappa shape index (κ1) is 7.92. The lowest BCUT2D eigenvalue weighted by molar-refractivity contribution is 1.39. The maximum atomic E-state index is 3.19. The highest BCUT2D eigenvalue weighted by Gasteiger charge is 2.01. The highest BCUT2D eigenvalue weighted by atomic mass is 14.8. The van der Waals surface area contributed by atoms with E-state index in [9.17, 15) is 0 Å². The molecule has 0 bridgehead atoms. The van der Waals surface area contributed by atoms with E-state index in [1.54, 1.807) is 0 Å². The number of hydrogen-bond acceptors (Lipinski definition) is 1. The second kappa shape index (κ2) is 3.35. The molecule has 1 aromatic heterocycles. The van der Waals surface area contributed by atoms with Gasteiger partial charge in [0.2, 0.25) is 0 Å². The van der Waals surface area contributed by atoms with Crippen LogP contribution < -0.4 is 5.32 Å². The standard InChI is InChI=1S/C11H12N2/c1-12-10-6-3-2-5-9(10)11-7-4-8-13-11/h2-8,12-13H,1H3. The van der Waals surface area contributed by atoms with E-state index in [-0.39, 0.29) is 0 Å². The summed E-state index contributed by atoms with van der Waals surface area (Å²) in [5.74, 6) is 0. The normalized spacial score (nSPS) is 9.92. The summed E-state index contributed by atoms with van der Waals surface area (Å²) in [6.45, 7) is 0. The number of aromatic amines is 1. The van der Waals surface area contributed by atoms with Crippen LogP contribution in [-0.4, -0.2) is 12.0 Å². The van der Waals surface area contributed by atoms with Crippen molar-refractivity contribution < 1.29 is 0 Å². The van der Waals surface area contributed by atoms with Gasteiger partial charge in [0, 0.05) is 30.2 Å². The topological polar surface area (TPSA) is 27.8 Å². The van der Waals surface area contributed by atoms with Gasteiger partial charge in [-0.25, -0.2) is 0 Å². The zero-order valence-electron chi connectivity index (χ0n) is 7.54. The second-order valence-electron chi connectivity index (χ2n) is 2.88. The molecule has 0 saturated carbocycles. The van der Waals surface area contributed by atoms with E-state index >= 15 is 0 Å². The maximum Gasteiger partial charge on any atom is 0.0474 e. The first-order valence-electron chi connectivity index (χ1n) is 4.32. The van der Waals surface area contributed by atoms with Crippen LogP contribution in [-0.2, 0) is 0 Å². The smallest absolute Gasteiger partial charge is 0.0474 e. The number of H-pyrrole nitrogens is 1. The lowest BCUT2D eigenvalue weighted by Gasteiger charge is -2.06. The summed E-state index contributed by atoms with van der Waals surface area (Å²) in [5.41, 5.74) is 3.49. The summed E-state index contributed by atoms with van der Waals surface area (Å²) in [7, 11) is 1.93. The van der Waals surface area contributed by atoms with Gasteiger partial charge in [-0.15, -0.1) is 0 Å². The van der Waals surface area contributed by atoms with Crippen LogP contribution in [0.3, 0.4) is 0 Å². The molecule has 0 radical (unpaired) electrons. The van der Waals surface area contributed by atoms with Crippen molar-refractivity contribution >= 4 is 5.69 Å². The molecule has 0 spiro atoms. The van der Waals surface area contributed by atoms with Crippen LogP contribution in [0.15, 0.2) is 42.6 Å². The largest absolute Gasteiger partial charge is 0.388 e. The van der Waals surface area contributed by atoms with Crippen LogP contribution in [0.5, 0.6) is 0 Å². The van der Waals surface area contributed by atoms with E-state index in [1.807, 2.05) is 31.4 Å². The molecule has 1 aromatic carbocycles. The number of anilines is 1. The fourth-order valence-corrected chi connectivity index (χ4v) is 1.43. The van der Waals surface area contributed by atoms with Gasteiger partial charge in [-0.05, 0) is 18.2 Å². The van der Waals surface area contributed by atoms with E-state index in [1.165, 1.54) is 5.56 Å². The lowest BCUT2D eigenvalue weighted by Crippen LogP contribution is -1.90. The number of nitrogens with one attached hydrogen (secondary N) is 2. The van der Waals surface area contributed by atoms with Crippen LogP contribution in [0, 0.1) is 0 Å². The van der Waals surface area contributed by atoms with Crippen molar-refractivity contribution in [3.8, 4) is 11.3 Å². The Hall–Kier alpha value is -1.70. The third kappa shape index (κ3) is 1.43. The van der Waals surface area contributed by atoms with Crippen LogP contribution in [0.4, 0.5) is 5.69 Å². The summed E-state index contributed by atoms with van der Waals surface area (Å²) in [6.07, 6.45) is 1.93. The van der Waals surface area contributed by atoms with Gasteiger partial charge in [-0.2, -0.15) is 0 Å². The summed E-state index contributed by atoms with van der Waals surface area (Å²) in [4.78, 5) is 3.19. The third-order valence-corrected chi connectivity index (χ3v) is 2.08. The zero-order chi connectivity index (χ0) is 9.10. The molecule has 0 fully saturated rings. The predicted molar refractivity (Wildman–Crippen MR) is 55.8 cm³/mol. The molecule has 13 heavy (non-hydrogen) atoms. The Kier molecular flexibility index (Phi) is 2.04. The van der Waals surface area contributed by atoms with Gasteiger partial charge in [-0.3, -0.25) is 0 Å². The number of aromatic nitrogens is 1. The van der Waals surface area contributed by atoms with Crippen LogP contribution in [0.2, 0.25) is 0 Å². The molecule has 0 unspecified atom stereocenters. The molecular formula is C11H12N2. The molecule has 2 nitrogen and oxygen atoms in total. The van der Waals surface area contributed by atoms with Crippen molar-refractivity contribution in [2.24, 2.45) is 0 Å². The second-order valence-corrected chi connectivity index (χ2v) is 2.88. The van der Waals surface area contributed by atoms with Gasteiger partial charge in [0.05, 0.1) is 0 Å². The van der Waals surface area contributed by atoms with E-state index in [2.05, 4.69) is 28.5 Å². The average molecular weight is 172 g/mol. The molecule has 2 aromatic rings. The summed E-state index contributed by atoms with van der Waals surface area (Å²) < 4.78 is 0. The molecule has 0 aliphatic rings. The van der Waals surface area contributed by atoms with Crippen molar-refractivity contribution in [1.82, 2.24) is 4.98 Å². The van der Waals surface area contributed by atoms with Crippen LogP contribution >= 0.6 is 0 Å². The average Bonchev–Trinajstić information content (AvgIpc) is 2.70. The first-order valence-corrected chi connectivity index (χ1v) is 4.32. The van der Waals surface area contributed by atoms with Crippen LogP contribution in [0.1, 0.15) is 0 Å². The quantitative estimate of drug-likeness (QED) is 0.716. The molecule has 66 valence electrons.